The van der Waals surface area contributed by atoms with Crippen LogP contribution in [0.5, 0.6) is 0 Å². The smallest absolute Gasteiger partial charge is 0.282 e. The molecular weight excluding hydrogens is 338 g/mol. The van der Waals surface area contributed by atoms with Gasteiger partial charge < -0.3 is 5.32 Å². The van der Waals surface area contributed by atoms with E-state index in [2.05, 4.69) is 12.2 Å². The Kier molecular flexibility index (Phi) is 4.76. The van der Waals surface area contributed by atoms with Gasteiger partial charge in [-0.2, -0.15) is 0 Å². The molecule has 0 saturated heterocycles. The highest BCUT2D eigenvalue weighted by Gasteiger charge is 2.45. The summed E-state index contributed by atoms with van der Waals surface area (Å²) in [6.07, 6.45) is 4.06. The molecule has 1 aromatic carbocycles. The maximum absolute atomic E-state index is 12.7. The number of nitro benzene ring substituents is 1. The lowest BCUT2D eigenvalue weighted by Crippen LogP contribution is -2.52. The highest BCUT2D eigenvalue weighted by atomic mass is 16.6. The van der Waals surface area contributed by atoms with E-state index in [1.165, 1.54) is 25.1 Å². The van der Waals surface area contributed by atoms with Crippen LogP contribution < -0.4 is 5.32 Å². The maximum Gasteiger partial charge on any atom is 0.282 e. The van der Waals surface area contributed by atoms with Gasteiger partial charge in [-0.1, -0.05) is 25.8 Å². The first-order valence-electron chi connectivity index (χ1n) is 8.78. The van der Waals surface area contributed by atoms with E-state index in [0.29, 0.717) is 5.92 Å². The molecule has 0 aromatic heterocycles. The molecule has 1 heterocycles. The molecule has 8 nitrogen and oxygen atoms in total. The first kappa shape index (κ1) is 18.0. The molecule has 3 atom stereocenters. The van der Waals surface area contributed by atoms with Crippen molar-refractivity contribution in [2.75, 3.05) is 0 Å². The van der Waals surface area contributed by atoms with Gasteiger partial charge in [0.05, 0.1) is 10.5 Å². The van der Waals surface area contributed by atoms with Gasteiger partial charge in [0, 0.05) is 12.1 Å². The first-order chi connectivity index (χ1) is 12.3. The van der Waals surface area contributed by atoms with Gasteiger partial charge in [-0.05, 0) is 31.7 Å². The zero-order chi connectivity index (χ0) is 19.0. The summed E-state index contributed by atoms with van der Waals surface area (Å²) in [7, 11) is 0. The van der Waals surface area contributed by atoms with Gasteiger partial charge in [-0.15, -0.1) is 0 Å². The Balaban J connectivity index is 1.82. The quantitative estimate of drug-likeness (QED) is 0.504. The molecule has 8 heteroatoms. The average molecular weight is 359 g/mol. The van der Waals surface area contributed by atoms with E-state index >= 15 is 0 Å². The fourth-order valence-corrected chi connectivity index (χ4v) is 3.74. The molecule has 0 spiro atoms. The second-order valence-electron chi connectivity index (χ2n) is 6.99. The molecule has 2 aliphatic rings. The number of amides is 3. The van der Waals surface area contributed by atoms with Crippen molar-refractivity contribution in [3.8, 4) is 0 Å². The lowest BCUT2D eigenvalue weighted by atomic mass is 9.86. The van der Waals surface area contributed by atoms with Gasteiger partial charge >= 0.3 is 0 Å². The minimum Gasteiger partial charge on any atom is -0.351 e. The normalized spacial score (nSPS) is 23.5. The van der Waals surface area contributed by atoms with Crippen LogP contribution in [0.1, 0.15) is 60.2 Å². The molecule has 138 valence electrons. The van der Waals surface area contributed by atoms with Crippen molar-refractivity contribution in [3.05, 3.63) is 39.4 Å². The van der Waals surface area contributed by atoms with Gasteiger partial charge in [-0.3, -0.25) is 29.4 Å². The Morgan fingerprint density at radius 3 is 2.62 bits per heavy atom. The third kappa shape index (κ3) is 2.95. The summed E-state index contributed by atoms with van der Waals surface area (Å²) < 4.78 is 0. The fourth-order valence-electron chi connectivity index (χ4n) is 3.74. The molecule has 26 heavy (non-hydrogen) atoms. The van der Waals surface area contributed by atoms with Gasteiger partial charge in [0.15, 0.2) is 0 Å². The molecule has 1 aromatic rings. The zero-order valence-corrected chi connectivity index (χ0v) is 14.7. The third-order valence-electron chi connectivity index (χ3n) is 5.33. The summed E-state index contributed by atoms with van der Waals surface area (Å²) in [6.45, 7) is 3.54. The summed E-state index contributed by atoms with van der Waals surface area (Å²) in [5.74, 6) is -1.55. The minimum absolute atomic E-state index is 0.0169. The Bertz CT molecular complexity index is 791. The van der Waals surface area contributed by atoms with E-state index in [0.717, 1.165) is 30.6 Å². The van der Waals surface area contributed by atoms with Crippen LogP contribution in [0.2, 0.25) is 0 Å². The molecule has 1 aliphatic heterocycles. The lowest BCUT2D eigenvalue weighted by Gasteiger charge is -2.31. The van der Waals surface area contributed by atoms with Crippen molar-refractivity contribution >= 4 is 23.4 Å². The first-order valence-corrected chi connectivity index (χ1v) is 8.78. The van der Waals surface area contributed by atoms with E-state index in [4.69, 9.17) is 0 Å². The average Bonchev–Trinajstić information content (AvgIpc) is 2.87. The predicted octanol–water partition coefficient (Wildman–Crippen LogP) is 2.27. The van der Waals surface area contributed by atoms with E-state index in [9.17, 15) is 24.5 Å². The third-order valence-corrected chi connectivity index (χ3v) is 5.33. The number of nitrogens with one attached hydrogen (secondary N) is 1. The van der Waals surface area contributed by atoms with Crippen LogP contribution in [0, 0.1) is 16.0 Å². The van der Waals surface area contributed by atoms with E-state index < -0.39 is 34.4 Å². The number of carbonyl (C=O) groups excluding carboxylic acids is 3. The summed E-state index contributed by atoms with van der Waals surface area (Å²) in [4.78, 5) is 49.1. The molecule has 1 N–H and O–H groups in total. The monoisotopic (exact) mass is 359 g/mol. The molecule has 0 bridgehead atoms. The van der Waals surface area contributed by atoms with E-state index in [1.807, 2.05) is 0 Å². The number of carbonyl (C=O) groups is 3. The number of rotatable bonds is 4. The van der Waals surface area contributed by atoms with E-state index in [-0.39, 0.29) is 17.2 Å². The molecule has 0 radical (unpaired) electrons. The highest BCUT2D eigenvalue weighted by molar-refractivity contribution is 6.24. The van der Waals surface area contributed by atoms with Crippen molar-refractivity contribution in [1.82, 2.24) is 10.2 Å². The van der Waals surface area contributed by atoms with Crippen molar-refractivity contribution in [2.24, 2.45) is 5.92 Å². The SMILES string of the molecule is CC1CCCCC1NC(=O)C(C)N1C(=O)c2cccc([N+](=O)[O-])c2C1=O. The number of benzene rings is 1. The second-order valence-corrected chi connectivity index (χ2v) is 6.99. The number of imide groups is 1. The van der Waals surface area contributed by atoms with Crippen LogP contribution >= 0.6 is 0 Å². The Morgan fingerprint density at radius 2 is 1.96 bits per heavy atom. The minimum atomic E-state index is -1.03. The van der Waals surface area contributed by atoms with E-state index in [1.54, 1.807) is 0 Å². The van der Waals surface area contributed by atoms with Crippen LogP contribution in [0.15, 0.2) is 18.2 Å². The molecular formula is C18H21N3O5. The van der Waals surface area contributed by atoms with Gasteiger partial charge in [0.25, 0.3) is 17.5 Å². The Labute approximate surface area is 150 Å². The van der Waals surface area contributed by atoms with Crippen molar-refractivity contribution < 1.29 is 19.3 Å². The number of hydrogen-bond acceptors (Lipinski definition) is 5. The fraction of sp³-hybridized carbons (Fsp3) is 0.500. The number of fused-ring (bicyclic) bond motifs is 1. The van der Waals surface area contributed by atoms with Crippen LogP contribution in [-0.4, -0.2) is 39.6 Å². The van der Waals surface area contributed by atoms with Crippen LogP contribution in [-0.2, 0) is 4.79 Å². The zero-order valence-electron chi connectivity index (χ0n) is 14.7. The predicted molar refractivity (Wildman–Crippen MR) is 92.6 cm³/mol. The van der Waals surface area contributed by atoms with Gasteiger partial charge in [0.2, 0.25) is 5.91 Å². The summed E-state index contributed by atoms with van der Waals surface area (Å²) >= 11 is 0. The summed E-state index contributed by atoms with van der Waals surface area (Å²) in [5.41, 5.74) is -0.695. The molecule has 3 rings (SSSR count). The molecule has 3 amide bonds. The largest absolute Gasteiger partial charge is 0.351 e. The van der Waals surface area contributed by atoms with Crippen molar-refractivity contribution in [1.29, 1.82) is 0 Å². The Morgan fingerprint density at radius 1 is 1.27 bits per heavy atom. The number of hydrogen-bond donors (Lipinski definition) is 1. The maximum atomic E-state index is 12.7. The van der Waals surface area contributed by atoms with Crippen molar-refractivity contribution in [3.63, 3.8) is 0 Å². The second kappa shape index (κ2) is 6.86. The topological polar surface area (TPSA) is 110 Å². The Hall–Kier alpha value is -2.77. The molecule has 1 saturated carbocycles. The number of nitrogens with zero attached hydrogens (tertiary/aromatic N) is 2. The number of nitro groups is 1. The van der Waals surface area contributed by atoms with Crippen LogP contribution in [0.4, 0.5) is 5.69 Å². The molecule has 3 unspecified atom stereocenters. The lowest BCUT2D eigenvalue weighted by molar-refractivity contribution is -0.385. The summed E-state index contributed by atoms with van der Waals surface area (Å²) in [5, 5.41) is 14.1. The van der Waals surface area contributed by atoms with Crippen LogP contribution in [0.25, 0.3) is 0 Å². The van der Waals surface area contributed by atoms with Gasteiger partial charge in [-0.25, -0.2) is 0 Å². The molecule has 1 fully saturated rings. The highest BCUT2D eigenvalue weighted by Crippen LogP contribution is 2.32. The standard InChI is InChI=1S/C18H21N3O5/c1-10-6-3-4-8-13(10)19-16(22)11(2)20-17(23)12-7-5-9-14(21(25)26)15(12)18(20)24/h5,7,9-11,13H,3-4,6,8H2,1-2H3,(H,19,22). The van der Waals surface area contributed by atoms with Gasteiger partial charge in [0.1, 0.15) is 11.6 Å². The molecule has 1 aliphatic carbocycles. The van der Waals surface area contributed by atoms with Crippen LogP contribution in [0.3, 0.4) is 0 Å². The summed E-state index contributed by atoms with van der Waals surface area (Å²) in [6, 6.07) is 2.90. The van der Waals surface area contributed by atoms with Crippen molar-refractivity contribution in [2.45, 2.75) is 51.6 Å².